The van der Waals surface area contributed by atoms with Gasteiger partial charge in [-0.3, -0.25) is 4.79 Å². The molecular formula is C34H39N9O5. The van der Waals surface area contributed by atoms with E-state index in [9.17, 15) is 9.90 Å². The van der Waals surface area contributed by atoms with Gasteiger partial charge >= 0.3 is 0 Å². The quantitative estimate of drug-likeness (QED) is 0.165. The first-order chi connectivity index (χ1) is 23.2. The van der Waals surface area contributed by atoms with E-state index in [4.69, 9.17) is 19.9 Å². The van der Waals surface area contributed by atoms with Crippen LogP contribution >= 0.6 is 0 Å². The van der Waals surface area contributed by atoms with Crippen LogP contribution in [0.15, 0.2) is 79.5 Å². The average Bonchev–Trinajstić information content (AvgIpc) is 3.85. The Morgan fingerprint density at radius 3 is 2.46 bits per heavy atom. The summed E-state index contributed by atoms with van der Waals surface area (Å²) in [6.07, 6.45) is 2.03. The number of amides is 1. The van der Waals surface area contributed by atoms with E-state index in [1.54, 1.807) is 33.3 Å². The number of anilines is 2. The number of nitrogens with two attached hydrogens (primary N) is 1. The van der Waals surface area contributed by atoms with E-state index >= 15 is 0 Å². The second-order valence-electron chi connectivity index (χ2n) is 12.5. The molecule has 2 fully saturated rings. The number of fused-ring (bicyclic) bond motifs is 2. The second-order valence-corrected chi connectivity index (χ2v) is 12.5. The summed E-state index contributed by atoms with van der Waals surface area (Å²) in [6, 6.07) is 20.5. The number of benzene rings is 2. The molecule has 14 heteroatoms. The van der Waals surface area contributed by atoms with Gasteiger partial charge in [-0.25, -0.2) is 24.9 Å². The van der Waals surface area contributed by atoms with Crippen LogP contribution in [0.4, 0.5) is 11.8 Å². The van der Waals surface area contributed by atoms with Gasteiger partial charge in [0, 0.05) is 25.2 Å². The maximum atomic E-state index is 14.3. The zero-order valence-electron chi connectivity index (χ0n) is 27.0. The number of ether oxygens (including phenoxy) is 3. The first-order valence-corrected chi connectivity index (χ1v) is 16.0. The van der Waals surface area contributed by atoms with Crippen LogP contribution in [-0.4, -0.2) is 83.6 Å². The number of nitrogen functional groups attached to an aromatic ring is 1. The minimum absolute atomic E-state index is 0.0303. The Morgan fingerprint density at radius 2 is 1.81 bits per heavy atom. The number of aryl methyl sites for hydroxylation is 1. The molecule has 2 aliphatic rings. The summed E-state index contributed by atoms with van der Waals surface area (Å²) in [5.41, 5.74) is 9.02. The van der Waals surface area contributed by atoms with Crippen LogP contribution in [0.2, 0.25) is 0 Å². The third-order valence-corrected chi connectivity index (χ3v) is 8.99. The maximum Gasteiger partial charge on any atom is 0.273 e. The lowest BCUT2D eigenvalue weighted by Gasteiger charge is -2.30. The Bertz CT molecular complexity index is 1830. The van der Waals surface area contributed by atoms with E-state index in [-0.39, 0.29) is 18.4 Å². The number of aliphatic hydroxyl groups excluding tert-OH is 1. The molecule has 5 aromatic rings. The smallest absolute Gasteiger partial charge is 0.273 e. The summed E-state index contributed by atoms with van der Waals surface area (Å²) in [5.74, 6) is -1.01. The van der Waals surface area contributed by atoms with Gasteiger partial charge in [0.25, 0.3) is 5.91 Å². The van der Waals surface area contributed by atoms with Crippen LogP contribution in [-0.2, 0) is 25.4 Å². The van der Waals surface area contributed by atoms with Crippen molar-refractivity contribution in [3.05, 3.63) is 96.3 Å². The number of carbonyl (C=O) groups excluding carboxylic acids is 1. The fourth-order valence-corrected chi connectivity index (χ4v) is 6.84. The monoisotopic (exact) mass is 653 g/mol. The van der Waals surface area contributed by atoms with E-state index in [1.165, 1.54) is 16.0 Å². The minimum atomic E-state index is -1.42. The molecule has 0 aliphatic carbocycles. The van der Waals surface area contributed by atoms with Crippen LogP contribution in [0.1, 0.15) is 49.9 Å². The second kappa shape index (κ2) is 12.6. The number of carbonyl (C=O) groups is 1. The molecule has 0 radical (unpaired) electrons. The van der Waals surface area contributed by atoms with Gasteiger partial charge in [-0.05, 0) is 44.7 Å². The fraction of sp³-hybridized carbons (Fsp3) is 0.382. The van der Waals surface area contributed by atoms with Crippen molar-refractivity contribution >= 4 is 28.8 Å². The Labute approximate surface area is 277 Å². The summed E-state index contributed by atoms with van der Waals surface area (Å²) >= 11 is 0. The summed E-state index contributed by atoms with van der Waals surface area (Å²) in [5, 5.41) is 16.1. The molecule has 1 amide bonds. The number of H-pyrrole nitrogens is 1. The van der Waals surface area contributed by atoms with Crippen LogP contribution in [0, 0.1) is 0 Å². The van der Waals surface area contributed by atoms with Crippen LogP contribution in [0.3, 0.4) is 0 Å². The van der Waals surface area contributed by atoms with Crippen molar-refractivity contribution in [2.45, 2.75) is 69.4 Å². The normalized spacial score (nSPS) is 23.1. The van der Waals surface area contributed by atoms with Crippen molar-refractivity contribution in [3.63, 3.8) is 0 Å². The average molecular weight is 654 g/mol. The molecule has 0 saturated carbocycles. The van der Waals surface area contributed by atoms with Crippen molar-refractivity contribution in [1.29, 1.82) is 0 Å². The molecule has 5 heterocycles. The molecule has 14 nitrogen and oxygen atoms in total. The number of hydrogen-bond acceptors (Lipinski definition) is 11. The zero-order chi connectivity index (χ0) is 33.5. The highest BCUT2D eigenvalue weighted by Crippen LogP contribution is 2.49. The lowest BCUT2D eigenvalue weighted by molar-refractivity contribution is -0.245. The predicted octanol–water partition coefficient (Wildman–Crippen LogP) is 3.10. The molecule has 0 bridgehead atoms. The van der Waals surface area contributed by atoms with Gasteiger partial charge in [0.2, 0.25) is 5.95 Å². The van der Waals surface area contributed by atoms with Crippen LogP contribution < -0.4 is 16.1 Å². The van der Waals surface area contributed by atoms with Crippen molar-refractivity contribution < 1.29 is 24.1 Å². The Morgan fingerprint density at radius 1 is 1.10 bits per heavy atom. The van der Waals surface area contributed by atoms with Crippen molar-refractivity contribution in [3.8, 4) is 0 Å². The number of aromatic nitrogens is 6. The number of rotatable bonds is 11. The van der Waals surface area contributed by atoms with Crippen molar-refractivity contribution in [2.75, 3.05) is 29.1 Å². The molecule has 0 unspecified atom stereocenters. The summed E-state index contributed by atoms with van der Waals surface area (Å²) < 4.78 is 19.9. The first-order valence-electron chi connectivity index (χ1n) is 16.0. The standard InChI is InChI=1S/C34H39N9O5/c1-4-42(30(44)26-27-34(31(45)46-26,48-33(2,3)47-27)16-15-23-17-36-19-38-23)43-29-25(41-32(43)35)28(39-20-40-29)37-18-24(21-11-7-5-8-12-21)22-13-9-6-10-14-22/h5-14,17,19-20,24,26-27,31,45H,4,15-16,18H2,1-3H3,(H2,35,41)(H,36,38)(H,37,39,40)/t26-,27+,31+,34+/m0/s1. The van der Waals surface area contributed by atoms with Crippen LogP contribution in [0.5, 0.6) is 0 Å². The van der Waals surface area contributed by atoms with E-state index in [0.717, 1.165) is 16.8 Å². The number of hydrogen-bond donors (Lipinski definition) is 4. The molecule has 5 N–H and O–H groups in total. The van der Waals surface area contributed by atoms with E-state index < -0.39 is 35.8 Å². The number of aliphatic hydroxyl groups is 1. The largest absolute Gasteiger partial charge is 0.368 e. The lowest BCUT2D eigenvalue weighted by atomic mass is 9.89. The van der Waals surface area contributed by atoms with Gasteiger partial charge < -0.3 is 35.4 Å². The molecule has 4 atom stereocenters. The maximum absolute atomic E-state index is 14.3. The zero-order valence-corrected chi connectivity index (χ0v) is 27.0. The number of aromatic amines is 1. The predicted molar refractivity (Wildman–Crippen MR) is 177 cm³/mol. The van der Waals surface area contributed by atoms with E-state index in [2.05, 4.69) is 54.5 Å². The summed E-state index contributed by atoms with van der Waals surface area (Å²) in [4.78, 5) is 35.1. The van der Waals surface area contributed by atoms with Crippen LogP contribution in [0.25, 0.3) is 11.2 Å². The van der Waals surface area contributed by atoms with Crippen molar-refractivity contribution in [2.24, 2.45) is 0 Å². The Kier molecular flexibility index (Phi) is 8.33. The topological polar surface area (TPSA) is 179 Å². The SMILES string of the molecule is CCN(C(=O)[C@H]1O[C@@H](O)[C@]2(CCc3c[nH]cn3)OC(C)(C)O[C@H]12)n1c(N)nc2c(NCC(c3ccccc3)c3ccccc3)ncnc21. The van der Waals surface area contributed by atoms with E-state index in [0.29, 0.717) is 36.4 Å². The molecule has 7 rings (SSSR count). The molecule has 0 spiro atoms. The molecule has 2 aliphatic heterocycles. The molecular weight excluding hydrogens is 614 g/mol. The van der Waals surface area contributed by atoms with E-state index in [1.807, 2.05) is 36.4 Å². The lowest BCUT2D eigenvalue weighted by Crippen LogP contribution is -2.52. The highest BCUT2D eigenvalue weighted by molar-refractivity contribution is 5.94. The molecule has 250 valence electrons. The highest BCUT2D eigenvalue weighted by atomic mass is 16.8. The Hall–Kier alpha value is -4.89. The molecule has 3 aromatic heterocycles. The molecule has 48 heavy (non-hydrogen) atoms. The third kappa shape index (κ3) is 5.66. The minimum Gasteiger partial charge on any atom is -0.368 e. The van der Waals surface area contributed by atoms with Gasteiger partial charge in [-0.1, -0.05) is 60.7 Å². The molecule has 2 aromatic carbocycles. The summed E-state index contributed by atoms with van der Waals surface area (Å²) in [6.45, 7) is 6.02. The number of likely N-dealkylation sites (N-methyl/N-ethyl adjacent to an activating group) is 1. The van der Waals surface area contributed by atoms with Gasteiger partial charge in [0.1, 0.15) is 12.4 Å². The first kappa shape index (κ1) is 31.7. The van der Waals surface area contributed by atoms with Gasteiger partial charge in [0.15, 0.2) is 40.8 Å². The fourth-order valence-electron chi connectivity index (χ4n) is 6.84. The van der Waals surface area contributed by atoms with Gasteiger partial charge in [-0.2, -0.15) is 4.68 Å². The number of nitrogens with one attached hydrogen (secondary N) is 2. The summed E-state index contributed by atoms with van der Waals surface area (Å²) in [7, 11) is 0. The van der Waals surface area contributed by atoms with Gasteiger partial charge in [-0.15, -0.1) is 0 Å². The highest BCUT2D eigenvalue weighted by Gasteiger charge is 2.67. The number of nitrogens with zero attached hydrogens (tertiary/aromatic N) is 6. The third-order valence-electron chi connectivity index (χ3n) is 8.99. The number of imidazole rings is 2. The van der Waals surface area contributed by atoms with Gasteiger partial charge in [0.05, 0.1) is 12.0 Å². The van der Waals surface area contributed by atoms with Crippen molar-refractivity contribution in [1.82, 2.24) is 29.6 Å². The Balaban J connectivity index is 1.17. The molecule has 2 saturated heterocycles.